The van der Waals surface area contributed by atoms with Crippen molar-refractivity contribution in [2.45, 2.75) is 24.3 Å². The van der Waals surface area contributed by atoms with Crippen LogP contribution < -0.4 is 5.73 Å². The highest BCUT2D eigenvalue weighted by Crippen LogP contribution is 2.28. The topological polar surface area (TPSA) is 63.4 Å². The maximum atomic E-state index is 13.0. The number of piperidine rings is 1. The zero-order chi connectivity index (χ0) is 14.2. The van der Waals surface area contributed by atoms with Gasteiger partial charge in [0, 0.05) is 23.6 Å². The van der Waals surface area contributed by atoms with Crippen molar-refractivity contribution in [3.05, 3.63) is 28.5 Å². The standard InChI is InChI=1S/C12H16BrFN2O2S/c1-8-4-5-16(7-11(8)15)19(17,18)12-3-2-9(14)6-10(12)13/h2-3,6,8,11H,4-5,7,15H2,1H3. The Bertz CT molecular complexity index is 579. The molecular formula is C12H16BrFN2O2S. The number of nitrogens with two attached hydrogens (primary N) is 1. The summed E-state index contributed by atoms with van der Waals surface area (Å²) >= 11 is 3.10. The van der Waals surface area contributed by atoms with Gasteiger partial charge in [0.15, 0.2) is 0 Å². The van der Waals surface area contributed by atoms with Crippen LogP contribution in [0, 0.1) is 11.7 Å². The molecule has 2 rings (SSSR count). The van der Waals surface area contributed by atoms with Crippen LogP contribution in [0.25, 0.3) is 0 Å². The van der Waals surface area contributed by atoms with Gasteiger partial charge in [0.2, 0.25) is 10.0 Å². The molecule has 0 radical (unpaired) electrons. The van der Waals surface area contributed by atoms with E-state index >= 15 is 0 Å². The summed E-state index contributed by atoms with van der Waals surface area (Å²) in [7, 11) is -3.63. The van der Waals surface area contributed by atoms with E-state index in [1.54, 1.807) is 0 Å². The lowest BCUT2D eigenvalue weighted by Crippen LogP contribution is -2.49. The van der Waals surface area contributed by atoms with Crippen LogP contribution in [-0.2, 0) is 10.0 Å². The minimum absolute atomic E-state index is 0.0793. The van der Waals surface area contributed by atoms with Gasteiger partial charge in [-0.1, -0.05) is 6.92 Å². The van der Waals surface area contributed by atoms with E-state index in [0.717, 1.165) is 18.6 Å². The van der Waals surface area contributed by atoms with Gasteiger partial charge in [-0.05, 0) is 46.5 Å². The third kappa shape index (κ3) is 2.99. The molecular weight excluding hydrogens is 335 g/mol. The molecule has 1 fully saturated rings. The molecule has 106 valence electrons. The Morgan fingerprint density at radius 1 is 1.47 bits per heavy atom. The van der Waals surface area contributed by atoms with E-state index in [9.17, 15) is 12.8 Å². The predicted octanol–water partition coefficient (Wildman–Crippen LogP) is 1.95. The maximum Gasteiger partial charge on any atom is 0.244 e. The van der Waals surface area contributed by atoms with E-state index in [2.05, 4.69) is 15.9 Å². The van der Waals surface area contributed by atoms with Crippen molar-refractivity contribution >= 4 is 26.0 Å². The Kier molecular flexibility index (Phi) is 4.29. The Balaban J connectivity index is 2.32. The van der Waals surface area contributed by atoms with Crippen LogP contribution in [0.4, 0.5) is 4.39 Å². The molecule has 2 N–H and O–H groups in total. The second-order valence-electron chi connectivity index (χ2n) is 4.87. The van der Waals surface area contributed by atoms with E-state index in [-0.39, 0.29) is 15.4 Å². The minimum atomic E-state index is -3.63. The molecule has 0 spiro atoms. The van der Waals surface area contributed by atoms with E-state index in [1.165, 1.54) is 10.4 Å². The summed E-state index contributed by atoms with van der Waals surface area (Å²) in [5, 5.41) is 0. The van der Waals surface area contributed by atoms with Gasteiger partial charge < -0.3 is 5.73 Å². The maximum absolute atomic E-state index is 13.0. The first-order valence-electron chi connectivity index (χ1n) is 6.03. The molecule has 0 amide bonds. The quantitative estimate of drug-likeness (QED) is 0.886. The molecule has 0 aliphatic carbocycles. The summed E-state index contributed by atoms with van der Waals surface area (Å²) in [6.07, 6.45) is 0.735. The third-order valence-electron chi connectivity index (χ3n) is 3.49. The van der Waals surface area contributed by atoms with E-state index in [1.807, 2.05) is 6.92 Å². The second kappa shape index (κ2) is 5.47. The van der Waals surface area contributed by atoms with Gasteiger partial charge in [-0.3, -0.25) is 0 Å². The summed E-state index contributed by atoms with van der Waals surface area (Å²) in [5.74, 6) is -0.169. The molecule has 0 saturated carbocycles. The minimum Gasteiger partial charge on any atom is -0.326 e. The fourth-order valence-corrected chi connectivity index (χ4v) is 4.61. The molecule has 1 saturated heterocycles. The third-order valence-corrected chi connectivity index (χ3v) is 6.33. The second-order valence-corrected chi connectivity index (χ2v) is 7.63. The van der Waals surface area contributed by atoms with Crippen LogP contribution in [0.2, 0.25) is 0 Å². The van der Waals surface area contributed by atoms with Crippen LogP contribution in [-0.4, -0.2) is 31.9 Å². The Labute approximate surface area is 121 Å². The van der Waals surface area contributed by atoms with Crippen LogP contribution in [0.3, 0.4) is 0 Å². The molecule has 7 heteroatoms. The van der Waals surface area contributed by atoms with E-state index < -0.39 is 15.8 Å². The smallest absolute Gasteiger partial charge is 0.244 e. The van der Waals surface area contributed by atoms with Crippen molar-refractivity contribution in [1.29, 1.82) is 0 Å². The SMILES string of the molecule is CC1CCN(S(=O)(=O)c2ccc(F)cc2Br)CC1N. The van der Waals surface area contributed by atoms with Crippen LogP contribution in [0.15, 0.2) is 27.6 Å². The molecule has 19 heavy (non-hydrogen) atoms. The monoisotopic (exact) mass is 350 g/mol. The first kappa shape index (κ1) is 14.9. The van der Waals surface area contributed by atoms with E-state index in [4.69, 9.17) is 5.73 Å². The van der Waals surface area contributed by atoms with Crippen LogP contribution >= 0.6 is 15.9 Å². The number of benzene rings is 1. The molecule has 2 unspecified atom stereocenters. The van der Waals surface area contributed by atoms with Crippen molar-refractivity contribution in [3.63, 3.8) is 0 Å². The van der Waals surface area contributed by atoms with Crippen molar-refractivity contribution in [3.8, 4) is 0 Å². The molecule has 1 heterocycles. The van der Waals surface area contributed by atoms with Gasteiger partial charge in [-0.25, -0.2) is 12.8 Å². The highest BCUT2D eigenvalue weighted by Gasteiger charge is 2.33. The summed E-state index contributed by atoms with van der Waals surface area (Å²) < 4.78 is 39.6. The highest BCUT2D eigenvalue weighted by atomic mass is 79.9. The van der Waals surface area contributed by atoms with E-state index in [0.29, 0.717) is 19.0 Å². The summed E-state index contributed by atoms with van der Waals surface area (Å²) in [5.41, 5.74) is 5.93. The number of nitrogens with zero attached hydrogens (tertiary/aromatic N) is 1. The van der Waals surface area contributed by atoms with Gasteiger partial charge >= 0.3 is 0 Å². The fourth-order valence-electron chi connectivity index (χ4n) is 2.11. The number of halogens is 2. The molecule has 2 atom stereocenters. The Hall–Kier alpha value is -0.500. The number of sulfonamides is 1. The van der Waals surface area contributed by atoms with Crippen molar-refractivity contribution < 1.29 is 12.8 Å². The van der Waals surface area contributed by atoms with Gasteiger partial charge in [0.1, 0.15) is 5.82 Å². The zero-order valence-electron chi connectivity index (χ0n) is 10.5. The normalized spacial score (nSPS) is 25.5. The van der Waals surface area contributed by atoms with Gasteiger partial charge in [0.25, 0.3) is 0 Å². The Morgan fingerprint density at radius 2 is 2.16 bits per heavy atom. The zero-order valence-corrected chi connectivity index (χ0v) is 12.9. The molecule has 1 aromatic carbocycles. The van der Waals surface area contributed by atoms with Gasteiger partial charge in [-0.15, -0.1) is 0 Å². The van der Waals surface area contributed by atoms with Crippen molar-refractivity contribution in [2.24, 2.45) is 11.7 Å². The van der Waals surface area contributed by atoms with Gasteiger partial charge in [0.05, 0.1) is 4.90 Å². The molecule has 4 nitrogen and oxygen atoms in total. The first-order chi connectivity index (χ1) is 8.82. The molecule has 0 aromatic heterocycles. The number of hydrogen-bond acceptors (Lipinski definition) is 3. The summed E-state index contributed by atoms with van der Waals surface area (Å²) in [6, 6.07) is 3.41. The van der Waals surface area contributed by atoms with Crippen molar-refractivity contribution in [1.82, 2.24) is 4.31 Å². The van der Waals surface area contributed by atoms with Gasteiger partial charge in [-0.2, -0.15) is 4.31 Å². The largest absolute Gasteiger partial charge is 0.326 e. The molecule has 1 aliphatic heterocycles. The number of hydrogen-bond donors (Lipinski definition) is 1. The van der Waals surface area contributed by atoms with Crippen LogP contribution in [0.5, 0.6) is 0 Å². The Morgan fingerprint density at radius 3 is 2.74 bits per heavy atom. The highest BCUT2D eigenvalue weighted by molar-refractivity contribution is 9.10. The predicted molar refractivity (Wildman–Crippen MR) is 74.6 cm³/mol. The first-order valence-corrected chi connectivity index (χ1v) is 8.26. The van der Waals surface area contributed by atoms with Crippen LogP contribution in [0.1, 0.15) is 13.3 Å². The van der Waals surface area contributed by atoms with Crippen molar-refractivity contribution in [2.75, 3.05) is 13.1 Å². The molecule has 1 aliphatic rings. The molecule has 1 aromatic rings. The summed E-state index contributed by atoms with van der Waals surface area (Å²) in [4.78, 5) is 0.0793. The average molecular weight is 351 g/mol. The summed E-state index contributed by atoms with van der Waals surface area (Å²) in [6.45, 7) is 2.76. The molecule has 0 bridgehead atoms. The lowest BCUT2D eigenvalue weighted by atomic mass is 9.96. The lowest BCUT2D eigenvalue weighted by Gasteiger charge is -2.34. The average Bonchev–Trinajstić information content (AvgIpc) is 2.32. The lowest BCUT2D eigenvalue weighted by molar-refractivity contribution is 0.253. The fraction of sp³-hybridized carbons (Fsp3) is 0.500. The number of rotatable bonds is 2.